The summed E-state index contributed by atoms with van der Waals surface area (Å²) in [5, 5.41) is 18.8. The summed E-state index contributed by atoms with van der Waals surface area (Å²) >= 11 is 0. The van der Waals surface area contributed by atoms with E-state index in [2.05, 4.69) is 10.2 Å². The Morgan fingerprint density at radius 3 is 2.59 bits per heavy atom. The van der Waals surface area contributed by atoms with Gasteiger partial charge in [0.2, 0.25) is 0 Å². The second-order valence-electron chi connectivity index (χ2n) is 4.11. The van der Waals surface area contributed by atoms with E-state index in [0.29, 0.717) is 5.56 Å². The monoisotopic (exact) mass is 235 g/mol. The van der Waals surface area contributed by atoms with Crippen LogP contribution in [0.5, 0.6) is 0 Å². The molecule has 0 radical (unpaired) electrons. The van der Waals surface area contributed by atoms with Crippen molar-refractivity contribution in [2.75, 3.05) is 0 Å². The lowest BCUT2D eigenvalue weighted by atomic mass is 10.4. The van der Waals surface area contributed by atoms with E-state index < -0.39 is 4.92 Å². The Morgan fingerprint density at radius 2 is 2.12 bits per heavy atom. The molecule has 0 unspecified atom stereocenters. The van der Waals surface area contributed by atoms with Gasteiger partial charge in [0, 0.05) is 6.04 Å². The van der Waals surface area contributed by atoms with Gasteiger partial charge in [-0.05, 0) is 25.7 Å². The second-order valence-corrected chi connectivity index (χ2v) is 4.11. The Labute approximate surface area is 97.8 Å². The molecule has 7 nitrogen and oxygen atoms in total. The number of rotatable bonds is 3. The quantitative estimate of drug-likeness (QED) is 0.600. The Kier molecular flexibility index (Phi) is 2.66. The second kappa shape index (κ2) is 4.00. The molecule has 2 rings (SSSR count). The van der Waals surface area contributed by atoms with Gasteiger partial charge in [-0.15, -0.1) is 4.68 Å². The SMILES string of the molecule is Cc1cn(-c2cnn(C(C)C)c2)nc1[N+](=O)[O-]. The smallest absolute Gasteiger partial charge is 0.358 e. The predicted octanol–water partition coefficient (Wildman–Crippen LogP) is 1.87. The first-order valence-electron chi connectivity index (χ1n) is 5.24. The van der Waals surface area contributed by atoms with Crippen molar-refractivity contribution in [2.45, 2.75) is 26.8 Å². The van der Waals surface area contributed by atoms with E-state index in [-0.39, 0.29) is 11.9 Å². The highest BCUT2D eigenvalue weighted by Gasteiger charge is 2.18. The number of aromatic nitrogens is 4. The molecule has 2 heterocycles. The van der Waals surface area contributed by atoms with Gasteiger partial charge < -0.3 is 10.1 Å². The van der Waals surface area contributed by atoms with Crippen LogP contribution in [0, 0.1) is 17.0 Å². The van der Waals surface area contributed by atoms with E-state index in [1.807, 2.05) is 13.8 Å². The Hall–Kier alpha value is -2.18. The summed E-state index contributed by atoms with van der Waals surface area (Å²) in [6.45, 7) is 5.68. The van der Waals surface area contributed by atoms with Crippen LogP contribution in [-0.2, 0) is 0 Å². The molecule has 0 atom stereocenters. The normalized spacial score (nSPS) is 11.1. The van der Waals surface area contributed by atoms with Crippen molar-refractivity contribution in [3.05, 3.63) is 34.3 Å². The molecular formula is C10H13N5O2. The highest BCUT2D eigenvalue weighted by atomic mass is 16.6. The molecule has 2 aromatic rings. The zero-order valence-corrected chi connectivity index (χ0v) is 9.86. The molecule has 0 aliphatic carbocycles. The van der Waals surface area contributed by atoms with Crippen molar-refractivity contribution in [3.8, 4) is 5.69 Å². The number of nitro groups is 1. The van der Waals surface area contributed by atoms with Gasteiger partial charge in [-0.25, -0.2) is 0 Å². The van der Waals surface area contributed by atoms with E-state index in [0.717, 1.165) is 5.69 Å². The fourth-order valence-corrected chi connectivity index (χ4v) is 1.49. The third kappa shape index (κ3) is 2.03. The molecule has 90 valence electrons. The van der Waals surface area contributed by atoms with Gasteiger partial charge in [0.1, 0.15) is 5.69 Å². The lowest BCUT2D eigenvalue weighted by molar-refractivity contribution is -0.390. The molecule has 0 fully saturated rings. The van der Waals surface area contributed by atoms with Crippen molar-refractivity contribution >= 4 is 5.82 Å². The van der Waals surface area contributed by atoms with Crippen LogP contribution in [0.3, 0.4) is 0 Å². The molecule has 7 heteroatoms. The van der Waals surface area contributed by atoms with Crippen molar-refractivity contribution in [3.63, 3.8) is 0 Å². The van der Waals surface area contributed by atoms with Crippen LogP contribution in [0.15, 0.2) is 18.6 Å². The topological polar surface area (TPSA) is 78.8 Å². The largest absolute Gasteiger partial charge is 0.393 e. The zero-order chi connectivity index (χ0) is 12.6. The summed E-state index contributed by atoms with van der Waals surface area (Å²) in [4.78, 5) is 10.2. The van der Waals surface area contributed by atoms with E-state index in [9.17, 15) is 10.1 Å². The maximum Gasteiger partial charge on any atom is 0.393 e. The summed E-state index contributed by atoms with van der Waals surface area (Å²) in [6.07, 6.45) is 5.07. The van der Waals surface area contributed by atoms with Crippen LogP contribution in [0.2, 0.25) is 0 Å². The van der Waals surface area contributed by atoms with Crippen molar-refractivity contribution in [1.82, 2.24) is 19.6 Å². The lowest BCUT2D eigenvalue weighted by Crippen LogP contribution is -2.00. The first kappa shape index (κ1) is 11.3. The highest BCUT2D eigenvalue weighted by molar-refractivity contribution is 5.34. The van der Waals surface area contributed by atoms with Crippen LogP contribution in [-0.4, -0.2) is 24.5 Å². The third-order valence-electron chi connectivity index (χ3n) is 2.43. The number of nitrogens with zero attached hydrogens (tertiary/aromatic N) is 5. The van der Waals surface area contributed by atoms with Gasteiger partial charge in [0.25, 0.3) is 0 Å². The van der Waals surface area contributed by atoms with Crippen LogP contribution < -0.4 is 0 Å². The summed E-state index contributed by atoms with van der Waals surface area (Å²) < 4.78 is 3.25. The molecule has 0 spiro atoms. The first-order valence-corrected chi connectivity index (χ1v) is 5.24. The van der Waals surface area contributed by atoms with Gasteiger partial charge >= 0.3 is 5.82 Å². The number of hydrogen-bond donors (Lipinski definition) is 0. The fourth-order valence-electron chi connectivity index (χ4n) is 1.49. The van der Waals surface area contributed by atoms with Crippen LogP contribution >= 0.6 is 0 Å². The van der Waals surface area contributed by atoms with Gasteiger partial charge in [0.05, 0.1) is 29.3 Å². The van der Waals surface area contributed by atoms with E-state index in [1.54, 1.807) is 30.2 Å². The van der Waals surface area contributed by atoms with Crippen molar-refractivity contribution in [1.29, 1.82) is 0 Å². The number of hydrogen-bond acceptors (Lipinski definition) is 4. The van der Waals surface area contributed by atoms with Gasteiger partial charge in [0.15, 0.2) is 0 Å². The van der Waals surface area contributed by atoms with E-state index >= 15 is 0 Å². The van der Waals surface area contributed by atoms with Crippen molar-refractivity contribution < 1.29 is 4.92 Å². The maximum atomic E-state index is 10.7. The molecule has 0 aliphatic heterocycles. The Morgan fingerprint density at radius 1 is 1.41 bits per heavy atom. The molecule has 0 aromatic carbocycles. The van der Waals surface area contributed by atoms with Crippen LogP contribution in [0.4, 0.5) is 5.82 Å². The van der Waals surface area contributed by atoms with Gasteiger partial charge in [-0.2, -0.15) is 5.10 Å². The van der Waals surface area contributed by atoms with Gasteiger partial charge in [-0.3, -0.25) is 4.68 Å². The lowest BCUT2D eigenvalue weighted by Gasteiger charge is -2.02. The third-order valence-corrected chi connectivity index (χ3v) is 2.43. The molecule has 0 N–H and O–H groups in total. The minimum atomic E-state index is -0.487. The average Bonchev–Trinajstić information content (AvgIpc) is 2.82. The zero-order valence-electron chi connectivity index (χ0n) is 9.86. The standard InChI is InChI=1S/C10H13N5O2/c1-7(2)13-6-9(4-11-13)14-5-8(3)10(12-14)15(16)17/h4-7H,1-3H3. The highest BCUT2D eigenvalue weighted by Crippen LogP contribution is 2.17. The molecular weight excluding hydrogens is 222 g/mol. The molecule has 0 saturated heterocycles. The van der Waals surface area contributed by atoms with E-state index in [1.165, 1.54) is 4.68 Å². The Bertz CT molecular complexity index is 555. The Balaban J connectivity index is 2.39. The number of aryl methyl sites for hydroxylation is 1. The average molecular weight is 235 g/mol. The van der Waals surface area contributed by atoms with E-state index in [4.69, 9.17) is 0 Å². The summed E-state index contributed by atoms with van der Waals surface area (Å²) in [5.74, 6) is -0.123. The first-order chi connectivity index (χ1) is 7.99. The summed E-state index contributed by atoms with van der Waals surface area (Å²) in [5.41, 5.74) is 1.25. The molecule has 0 amide bonds. The predicted molar refractivity (Wildman–Crippen MR) is 61.1 cm³/mol. The summed E-state index contributed by atoms with van der Waals surface area (Å²) in [6, 6.07) is 0.246. The summed E-state index contributed by atoms with van der Waals surface area (Å²) in [7, 11) is 0. The maximum absolute atomic E-state index is 10.7. The van der Waals surface area contributed by atoms with Crippen LogP contribution in [0.25, 0.3) is 5.69 Å². The molecule has 0 saturated carbocycles. The molecule has 2 aromatic heterocycles. The van der Waals surface area contributed by atoms with Gasteiger partial charge in [-0.1, -0.05) is 0 Å². The van der Waals surface area contributed by atoms with Crippen LogP contribution in [0.1, 0.15) is 25.5 Å². The minimum Gasteiger partial charge on any atom is -0.358 e. The fraction of sp³-hybridized carbons (Fsp3) is 0.400. The molecule has 0 aliphatic rings. The molecule has 17 heavy (non-hydrogen) atoms. The minimum absolute atomic E-state index is 0.123. The van der Waals surface area contributed by atoms with Crippen molar-refractivity contribution in [2.24, 2.45) is 0 Å². The molecule has 0 bridgehead atoms.